The van der Waals surface area contributed by atoms with E-state index < -0.39 is 27.5 Å². The fourth-order valence-corrected chi connectivity index (χ4v) is 7.25. The molecule has 0 radical (unpaired) electrons. The molecule has 0 saturated carbocycles. The van der Waals surface area contributed by atoms with E-state index in [1.54, 1.807) is 24.3 Å². The van der Waals surface area contributed by atoms with Gasteiger partial charge in [-0.2, -0.15) is 0 Å². The van der Waals surface area contributed by atoms with Gasteiger partial charge in [0.1, 0.15) is 5.41 Å². The topological polar surface area (TPSA) is 63.7 Å². The van der Waals surface area contributed by atoms with E-state index in [1.807, 2.05) is 54.6 Å². The summed E-state index contributed by atoms with van der Waals surface area (Å²) in [6.07, 6.45) is 0. The molecule has 1 saturated heterocycles. The van der Waals surface area contributed by atoms with Crippen LogP contribution in [0, 0.1) is 11.8 Å². The van der Waals surface area contributed by atoms with Crippen molar-refractivity contribution >= 4 is 39.4 Å². The van der Waals surface area contributed by atoms with Crippen molar-refractivity contribution in [3.05, 3.63) is 101 Å². The minimum Gasteiger partial charge on any atom is -0.468 e. The first kappa shape index (κ1) is 19.4. The first-order valence-electron chi connectivity index (χ1n) is 10.4. The number of methoxy groups -OCH3 is 1. The minimum atomic E-state index is -1.40. The molecular formula is C26H18BrNO4. The Morgan fingerprint density at radius 3 is 1.78 bits per heavy atom. The number of carbonyl (C=O) groups is 3. The first-order chi connectivity index (χ1) is 15.5. The van der Waals surface area contributed by atoms with Crippen LogP contribution in [0.5, 0.6) is 0 Å². The lowest BCUT2D eigenvalue weighted by atomic mass is 9.47. The van der Waals surface area contributed by atoms with E-state index >= 15 is 0 Å². The summed E-state index contributed by atoms with van der Waals surface area (Å²) in [6.45, 7) is 0. The lowest BCUT2D eigenvalue weighted by molar-refractivity contribution is -0.152. The highest BCUT2D eigenvalue weighted by atomic mass is 79.9. The third-order valence-electron chi connectivity index (χ3n) is 7.21. The molecule has 2 bridgehead atoms. The fourth-order valence-electron chi connectivity index (χ4n) is 6.10. The average Bonchev–Trinajstić information content (AvgIpc) is 3.11. The number of hydrogen-bond donors (Lipinski definition) is 0. The molecule has 0 N–H and O–H groups in total. The molecule has 0 aromatic heterocycles. The molecule has 2 unspecified atom stereocenters. The molecule has 158 valence electrons. The third-order valence-corrected chi connectivity index (χ3v) is 8.56. The Labute approximate surface area is 193 Å². The Kier molecular flexibility index (Phi) is 3.88. The summed E-state index contributed by atoms with van der Waals surface area (Å²) in [5, 5.41) is 0. The van der Waals surface area contributed by atoms with E-state index in [-0.39, 0.29) is 11.8 Å². The van der Waals surface area contributed by atoms with Gasteiger partial charge < -0.3 is 4.74 Å². The van der Waals surface area contributed by atoms with Gasteiger partial charge in [-0.05, 0) is 34.4 Å². The summed E-state index contributed by atoms with van der Waals surface area (Å²) in [5.74, 6) is -2.95. The van der Waals surface area contributed by atoms with Crippen molar-refractivity contribution in [1.82, 2.24) is 0 Å². The SMILES string of the molecule is COC(=O)C12c3ccccc3C(Br)(c3ccccc31)C1C(=O)N(c3ccccc3)C(=O)C12. The smallest absolute Gasteiger partial charge is 0.321 e. The van der Waals surface area contributed by atoms with E-state index in [0.29, 0.717) is 16.8 Å². The van der Waals surface area contributed by atoms with Gasteiger partial charge in [-0.1, -0.05) is 82.7 Å². The Balaban J connectivity index is 1.74. The van der Waals surface area contributed by atoms with Crippen LogP contribution in [0.4, 0.5) is 5.69 Å². The second-order valence-electron chi connectivity index (χ2n) is 8.41. The zero-order valence-electron chi connectivity index (χ0n) is 17.1. The van der Waals surface area contributed by atoms with Gasteiger partial charge >= 0.3 is 5.97 Å². The maximum Gasteiger partial charge on any atom is 0.321 e. The number of halogens is 1. The summed E-state index contributed by atoms with van der Waals surface area (Å²) in [6, 6.07) is 24.0. The maximum atomic E-state index is 14.0. The van der Waals surface area contributed by atoms with Crippen LogP contribution in [0.15, 0.2) is 78.9 Å². The predicted molar refractivity (Wildman–Crippen MR) is 121 cm³/mol. The van der Waals surface area contributed by atoms with Crippen LogP contribution in [0.25, 0.3) is 0 Å². The quantitative estimate of drug-likeness (QED) is 0.312. The third kappa shape index (κ3) is 1.98. The van der Waals surface area contributed by atoms with E-state index in [2.05, 4.69) is 15.9 Å². The monoisotopic (exact) mass is 487 g/mol. The van der Waals surface area contributed by atoms with Gasteiger partial charge in [-0.15, -0.1) is 0 Å². The Hall–Kier alpha value is -3.25. The van der Waals surface area contributed by atoms with Gasteiger partial charge in [-0.25, -0.2) is 4.90 Å². The molecule has 1 aliphatic heterocycles. The van der Waals surface area contributed by atoms with Crippen molar-refractivity contribution in [1.29, 1.82) is 0 Å². The van der Waals surface area contributed by atoms with Crippen LogP contribution in [0.1, 0.15) is 22.3 Å². The van der Waals surface area contributed by atoms with Gasteiger partial charge in [0.05, 0.1) is 29.0 Å². The summed E-state index contributed by atoms with van der Waals surface area (Å²) < 4.78 is 4.42. The van der Waals surface area contributed by atoms with Crippen LogP contribution in [-0.4, -0.2) is 24.9 Å². The van der Waals surface area contributed by atoms with Crippen molar-refractivity contribution in [2.75, 3.05) is 12.0 Å². The highest BCUT2D eigenvalue weighted by Gasteiger charge is 2.75. The summed E-state index contributed by atoms with van der Waals surface area (Å²) in [4.78, 5) is 42.9. The number of hydrogen-bond acceptors (Lipinski definition) is 4. The maximum absolute atomic E-state index is 14.0. The number of ether oxygens (including phenoxy) is 1. The molecule has 1 heterocycles. The molecule has 3 aliphatic carbocycles. The van der Waals surface area contributed by atoms with E-state index in [4.69, 9.17) is 4.74 Å². The van der Waals surface area contributed by atoms with Crippen LogP contribution < -0.4 is 4.90 Å². The molecule has 3 aromatic rings. The van der Waals surface area contributed by atoms with Crippen molar-refractivity contribution < 1.29 is 19.1 Å². The molecule has 1 fully saturated rings. The zero-order chi connectivity index (χ0) is 22.3. The molecule has 0 spiro atoms. The highest BCUT2D eigenvalue weighted by Crippen LogP contribution is 2.69. The van der Waals surface area contributed by atoms with Gasteiger partial charge in [-0.3, -0.25) is 14.4 Å². The molecule has 6 heteroatoms. The summed E-state index contributed by atoms with van der Waals surface area (Å²) in [5.41, 5.74) is 2.15. The number of imide groups is 1. The number of rotatable bonds is 2. The number of carbonyl (C=O) groups excluding carboxylic acids is 3. The molecule has 32 heavy (non-hydrogen) atoms. The number of amides is 2. The highest BCUT2D eigenvalue weighted by molar-refractivity contribution is 9.09. The molecule has 7 rings (SSSR count). The van der Waals surface area contributed by atoms with Gasteiger partial charge in [0, 0.05) is 0 Å². The fraction of sp³-hybridized carbons (Fsp3) is 0.192. The standard InChI is InChI=1S/C26H18BrNO4/c1-32-24(31)25-16-11-5-7-13-18(16)26(27,19-14-8-6-12-17(19)25)21-20(25)22(29)28(23(21)30)15-9-3-2-4-10-15/h2-14,20-21H,1H3. The minimum absolute atomic E-state index is 0.319. The average molecular weight is 488 g/mol. The van der Waals surface area contributed by atoms with Crippen LogP contribution in [-0.2, 0) is 28.9 Å². The lowest BCUT2D eigenvalue weighted by Crippen LogP contribution is -2.62. The molecule has 3 aromatic carbocycles. The number of alkyl halides is 1. The summed E-state index contributed by atoms with van der Waals surface area (Å²) in [7, 11) is 1.33. The number of anilines is 1. The normalized spacial score (nSPS) is 29.4. The van der Waals surface area contributed by atoms with E-state index in [1.165, 1.54) is 12.0 Å². The van der Waals surface area contributed by atoms with Gasteiger partial charge in [0.2, 0.25) is 11.8 Å². The van der Waals surface area contributed by atoms with Crippen molar-refractivity contribution in [3.8, 4) is 0 Å². The van der Waals surface area contributed by atoms with Crippen LogP contribution >= 0.6 is 15.9 Å². The predicted octanol–water partition coefficient (Wildman–Crippen LogP) is 3.92. The van der Waals surface area contributed by atoms with Gasteiger partial charge in [0.15, 0.2) is 0 Å². The zero-order valence-corrected chi connectivity index (χ0v) is 18.7. The number of nitrogens with zero attached hydrogens (tertiary/aromatic N) is 1. The van der Waals surface area contributed by atoms with Crippen molar-refractivity contribution in [2.24, 2.45) is 11.8 Å². The molecule has 2 atom stereocenters. The Morgan fingerprint density at radius 1 is 0.781 bits per heavy atom. The summed E-state index contributed by atoms with van der Waals surface area (Å²) >= 11 is 3.95. The van der Waals surface area contributed by atoms with Gasteiger partial charge in [0.25, 0.3) is 0 Å². The molecule has 5 nitrogen and oxygen atoms in total. The van der Waals surface area contributed by atoms with Crippen LogP contribution in [0.2, 0.25) is 0 Å². The largest absolute Gasteiger partial charge is 0.468 e. The Morgan fingerprint density at radius 2 is 1.25 bits per heavy atom. The molecular weight excluding hydrogens is 470 g/mol. The van der Waals surface area contributed by atoms with E-state index in [9.17, 15) is 14.4 Å². The molecule has 4 aliphatic rings. The Bertz CT molecular complexity index is 1270. The number of esters is 1. The van der Waals surface area contributed by atoms with E-state index in [0.717, 1.165) is 11.1 Å². The second kappa shape index (κ2) is 6.39. The first-order valence-corrected chi connectivity index (χ1v) is 11.2. The van der Waals surface area contributed by atoms with Crippen molar-refractivity contribution in [2.45, 2.75) is 9.74 Å². The molecule has 2 amide bonds. The number of benzene rings is 3. The number of para-hydroxylation sites is 1. The van der Waals surface area contributed by atoms with Crippen molar-refractivity contribution in [3.63, 3.8) is 0 Å². The lowest BCUT2D eigenvalue weighted by Gasteiger charge is -2.56. The second-order valence-corrected chi connectivity index (χ2v) is 9.66. The van der Waals surface area contributed by atoms with Crippen LogP contribution in [0.3, 0.4) is 0 Å².